The summed E-state index contributed by atoms with van der Waals surface area (Å²) < 4.78 is 5.55. The zero-order chi connectivity index (χ0) is 18.5. The minimum absolute atomic E-state index is 0.313. The molecule has 0 bridgehead atoms. The maximum atomic E-state index is 5.55. The van der Waals surface area contributed by atoms with E-state index in [0.717, 1.165) is 29.8 Å². The van der Waals surface area contributed by atoms with Gasteiger partial charge in [-0.05, 0) is 53.6 Å². The predicted molar refractivity (Wildman–Crippen MR) is 103 cm³/mol. The molecule has 7 heteroatoms. The molecule has 7 nitrogen and oxygen atoms in total. The fourth-order valence-corrected chi connectivity index (χ4v) is 3.71. The number of methoxy groups -OCH3 is 1. The SMILES string of the molecule is COc1ccc(-c2nnn[nH]2)cc1CNC1CCCNC1c1ccccc1. The first-order chi connectivity index (χ1) is 13.3. The van der Waals surface area contributed by atoms with Crippen molar-refractivity contribution in [3.63, 3.8) is 0 Å². The Morgan fingerprint density at radius 3 is 2.85 bits per heavy atom. The van der Waals surface area contributed by atoms with Gasteiger partial charge < -0.3 is 15.4 Å². The Kier molecular flexibility index (Phi) is 5.41. The molecule has 0 spiro atoms. The number of aromatic amines is 1. The van der Waals surface area contributed by atoms with Crippen LogP contribution in [-0.2, 0) is 6.54 Å². The maximum absolute atomic E-state index is 5.55. The van der Waals surface area contributed by atoms with Crippen LogP contribution in [0.1, 0.15) is 30.0 Å². The molecule has 1 aromatic heterocycles. The van der Waals surface area contributed by atoms with Gasteiger partial charge in [0.2, 0.25) is 0 Å². The highest BCUT2D eigenvalue weighted by molar-refractivity contribution is 5.58. The standard InChI is InChI=1S/C20H24N6O/c1-27-18-10-9-15(20-23-25-26-24-20)12-16(18)13-22-17-8-5-11-21-19(17)14-6-3-2-4-7-14/h2-4,6-7,9-10,12,17,19,21-22H,5,8,11,13H2,1H3,(H,23,24,25,26). The van der Waals surface area contributed by atoms with Gasteiger partial charge in [-0.1, -0.05) is 30.3 Å². The molecule has 1 fully saturated rings. The Bertz CT molecular complexity index is 852. The molecule has 0 saturated carbocycles. The summed E-state index contributed by atoms with van der Waals surface area (Å²) in [6, 6.07) is 17.3. The molecule has 0 radical (unpaired) electrons. The van der Waals surface area contributed by atoms with Gasteiger partial charge in [0.15, 0.2) is 5.82 Å². The van der Waals surface area contributed by atoms with E-state index in [1.807, 2.05) is 12.1 Å². The summed E-state index contributed by atoms with van der Waals surface area (Å²) in [6.45, 7) is 1.77. The predicted octanol–water partition coefficient (Wildman–Crippen LogP) is 2.46. The van der Waals surface area contributed by atoms with Crippen LogP contribution in [0.5, 0.6) is 5.75 Å². The minimum Gasteiger partial charge on any atom is -0.496 e. The van der Waals surface area contributed by atoms with Gasteiger partial charge >= 0.3 is 0 Å². The summed E-state index contributed by atoms with van der Waals surface area (Å²) in [6.07, 6.45) is 2.31. The van der Waals surface area contributed by atoms with Crippen LogP contribution < -0.4 is 15.4 Å². The van der Waals surface area contributed by atoms with E-state index in [9.17, 15) is 0 Å². The molecule has 140 valence electrons. The Morgan fingerprint density at radius 1 is 1.19 bits per heavy atom. The van der Waals surface area contributed by atoms with Crippen molar-refractivity contribution in [2.24, 2.45) is 0 Å². The van der Waals surface area contributed by atoms with E-state index in [2.05, 4.69) is 67.7 Å². The fraction of sp³-hybridized carbons (Fsp3) is 0.350. The summed E-state index contributed by atoms with van der Waals surface area (Å²) in [4.78, 5) is 0. The zero-order valence-electron chi connectivity index (χ0n) is 15.4. The summed E-state index contributed by atoms with van der Waals surface area (Å²) in [5, 5.41) is 21.5. The number of tetrazole rings is 1. The third-order valence-corrected chi connectivity index (χ3v) is 5.07. The van der Waals surface area contributed by atoms with Crippen molar-refractivity contribution < 1.29 is 4.74 Å². The maximum Gasteiger partial charge on any atom is 0.179 e. The van der Waals surface area contributed by atoms with Gasteiger partial charge in [0.1, 0.15) is 5.75 Å². The number of aromatic nitrogens is 4. The van der Waals surface area contributed by atoms with Crippen LogP contribution >= 0.6 is 0 Å². The van der Waals surface area contributed by atoms with Crippen molar-refractivity contribution in [1.82, 2.24) is 31.3 Å². The van der Waals surface area contributed by atoms with E-state index in [1.165, 1.54) is 12.0 Å². The van der Waals surface area contributed by atoms with Crippen molar-refractivity contribution in [2.75, 3.05) is 13.7 Å². The third kappa shape index (κ3) is 3.99. The van der Waals surface area contributed by atoms with Gasteiger partial charge in [-0.3, -0.25) is 0 Å². The Morgan fingerprint density at radius 2 is 2.07 bits per heavy atom. The molecule has 2 atom stereocenters. The Balaban J connectivity index is 1.52. The molecular weight excluding hydrogens is 340 g/mol. The normalized spacial score (nSPS) is 19.7. The number of benzene rings is 2. The summed E-state index contributed by atoms with van der Waals surface area (Å²) in [5.74, 6) is 1.51. The summed E-state index contributed by atoms with van der Waals surface area (Å²) >= 11 is 0. The van der Waals surface area contributed by atoms with E-state index in [0.29, 0.717) is 24.5 Å². The highest BCUT2D eigenvalue weighted by Gasteiger charge is 2.25. The molecule has 2 unspecified atom stereocenters. The second-order valence-corrected chi connectivity index (χ2v) is 6.75. The van der Waals surface area contributed by atoms with Crippen LogP contribution in [0.4, 0.5) is 0 Å². The third-order valence-electron chi connectivity index (χ3n) is 5.07. The number of hydrogen-bond donors (Lipinski definition) is 3. The van der Waals surface area contributed by atoms with Crippen LogP contribution in [0.15, 0.2) is 48.5 Å². The lowest BCUT2D eigenvalue weighted by Crippen LogP contribution is -2.45. The number of ether oxygens (including phenoxy) is 1. The molecule has 3 aromatic rings. The van der Waals surface area contributed by atoms with E-state index >= 15 is 0 Å². The zero-order valence-corrected chi connectivity index (χ0v) is 15.4. The van der Waals surface area contributed by atoms with Crippen molar-refractivity contribution in [3.05, 3.63) is 59.7 Å². The molecular formula is C20H24N6O. The molecule has 2 heterocycles. The molecule has 1 saturated heterocycles. The highest BCUT2D eigenvalue weighted by atomic mass is 16.5. The topological polar surface area (TPSA) is 87.8 Å². The van der Waals surface area contributed by atoms with Gasteiger partial charge in [0.05, 0.1) is 7.11 Å². The van der Waals surface area contributed by atoms with Crippen LogP contribution in [0.3, 0.4) is 0 Å². The van der Waals surface area contributed by atoms with Gasteiger partial charge in [-0.2, -0.15) is 0 Å². The first-order valence-electron chi connectivity index (χ1n) is 9.28. The number of hydrogen-bond acceptors (Lipinski definition) is 6. The second-order valence-electron chi connectivity index (χ2n) is 6.75. The number of nitrogens with zero attached hydrogens (tertiary/aromatic N) is 3. The molecule has 1 aliphatic rings. The smallest absolute Gasteiger partial charge is 0.179 e. The van der Waals surface area contributed by atoms with Crippen molar-refractivity contribution >= 4 is 0 Å². The molecule has 27 heavy (non-hydrogen) atoms. The molecule has 3 N–H and O–H groups in total. The van der Waals surface area contributed by atoms with Crippen LogP contribution in [0.2, 0.25) is 0 Å². The van der Waals surface area contributed by atoms with E-state index in [4.69, 9.17) is 4.74 Å². The molecule has 0 aliphatic carbocycles. The quantitative estimate of drug-likeness (QED) is 0.623. The Labute approximate surface area is 158 Å². The van der Waals surface area contributed by atoms with Gasteiger partial charge in [0.25, 0.3) is 0 Å². The van der Waals surface area contributed by atoms with Crippen LogP contribution in [0, 0.1) is 0 Å². The molecule has 1 aliphatic heterocycles. The molecule has 0 amide bonds. The monoisotopic (exact) mass is 364 g/mol. The summed E-state index contributed by atoms with van der Waals surface area (Å²) in [5.41, 5.74) is 3.35. The average Bonchev–Trinajstić information content (AvgIpc) is 3.28. The fourth-order valence-electron chi connectivity index (χ4n) is 3.71. The van der Waals surface area contributed by atoms with Crippen molar-refractivity contribution in [1.29, 1.82) is 0 Å². The van der Waals surface area contributed by atoms with Gasteiger partial charge in [-0.25, -0.2) is 5.10 Å². The lowest BCUT2D eigenvalue weighted by atomic mass is 9.92. The number of piperidine rings is 1. The van der Waals surface area contributed by atoms with E-state index in [-0.39, 0.29) is 0 Å². The lowest BCUT2D eigenvalue weighted by molar-refractivity contribution is 0.303. The lowest BCUT2D eigenvalue weighted by Gasteiger charge is -2.34. The van der Waals surface area contributed by atoms with Crippen LogP contribution in [0.25, 0.3) is 11.4 Å². The Hall–Kier alpha value is -2.77. The first kappa shape index (κ1) is 17.6. The van der Waals surface area contributed by atoms with Crippen LogP contribution in [-0.4, -0.2) is 40.3 Å². The average molecular weight is 364 g/mol. The van der Waals surface area contributed by atoms with Crippen molar-refractivity contribution in [3.8, 4) is 17.1 Å². The van der Waals surface area contributed by atoms with Gasteiger partial charge in [0, 0.05) is 29.8 Å². The first-order valence-corrected chi connectivity index (χ1v) is 9.28. The number of nitrogens with one attached hydrogen (secondary N) is 3. The number of rotatable bonds is 6. The van der Waals surface area contributed by atoms with E-state index in [1.54, 1.807) is 7.11 Å². The minimum atomic E-state index is 0.313. The molecule has 4 rings (SSSR count). The largest absolute Gasteiger partial charge is 0.496 e. The summed E-state index contributed by atoms with van der Waals surface area (Å²) in [7, 11) is 1.70. The van der Waals surface area contributed by atoms with E-state index < -0.39 is 0 Å². The van der Waals surface area contributed by atoms with Crippen molar-refractivity contribution in [2.45, 2.75) is 31.5 Å². The number of H-pyrrole nitrogens is 1. The highest BCUT2D eigenvalue weighted by Crippen LogP contribution is 2.27. The molecule has 2 aromatic carbocycles. The second kappa shape index (κ2) is 8.28. The van der Waals surface area contributed by atoms with Gasteiger partial charge in [-0.15, -0.1) is 5.10 Å².